The minimum absolute atomic E-state index is 0.0814. The molecule has 4 heteroatoms. The number of carbonyl (C=O) groups excluding carboxylic acids is 1. The third-order valence-electron chi connectivity index (χ3n) is 3.98. The fourth-order valence-corrected chi connectivity index (χ4v) is 2.84. The van der Waals surface area contributed by atoms with Crippen LogP contribution in [0.15, 0.2) is 24.3 Å². The maximum absolute atomic E-state index is 12.3. The fourth-order valence-electron chi connectivity index (χ4n) is 2.84. The number of benzene rings is 1. The van der Waals surface area contributed by atoms with E-state index in [4.69, 9.17) is 0 Å². The lowest BCUT2D eigenvalue weighted by atomic mass is 10.1. The molecule has 2 rings (SSSR count). The summed E-state index contributed by atoms with van der Waals surface area (Å²) < 4.78 is 0. The zero-order valence-electron chi connectivity index (χ0n) is 13.2. The van der Waals surface area contributed by atoms with Gasteiger partial charge in [0.2, 0.25) is 5.91 Å². The van der Waals surface area contributed by atoms with Gasteiger partial charge in [0.1, 0.15) is 0 Å². The first-order valence-electron chi connectivity index (χ1n) is 8.00. The highest BCUT2D eigenvalue weighted by Gasteiger charge is 2.22. The van der Waals surface area contributed by atoms with E-state index in [1.807, 2.05) is 31.2 Å². The average Bonchev–Trinajstić information content (AvgIpc) is 2.50. The van der Waals surface area contributed by atoms with Gasteiger partial charge in [-0.1, -0.05) is 24.6 Å². The van der Waals surface area contributed by atoms with E-state index >= 15 is 0 Å². The molecule has 0 bridgehead atoms. The summed E-state index contributed by atoms with van der Waals surface area (Å²) in [4.78, 5) is 14.6. The highest BCUT2D eigenvalue weighted by Crippen LogP contribution is 2.12. The van der Waals surface area contributed by atoms with Crippen molar-refractivity contribution in [1.29, 1.82) is 0 Å². The van der Waals surface area contributed by atoms with Crippen LogP contribution in [0.25, 0.3) is 0 Å². The van der Waals surface area contributed by atoms with Crippen molar-refractivity contribution in [3.05, 3.63) is 29.8 Å². The highest BCUT2D eigenvalue weighted by atomic mass is 16.2. The van der Waals surface area contributed by atoms with E-state index in [1.165, 1.54) is 18.4 Å². The minimum atomic E-state index is 0.0814. The van der Waals surface area contributed by atoms with Gasteiger partial charge in [0.05, 0.1) is 6.54 Å². The normalized spacial score (nSPS) is 18.7. The molecule has 1 heterocycles. The molecular formula is C17H27N3O. The molecule has 0 spiro atoms. The molecule has 1 saturated heterocycles. The molecule has 1 aromatic carbocycles. The van der Waals surface area contributed by atoms with Gasteiger partial charge >= 0.3 is 0 Å². The number of carbonyl (C=O) groups is 1. The second-order valence-electron chi connectivity index (χ2n) is 5.88. The van der Waals surface area contributed by atoms with E-state index in [0.29, 0.717) is 12.6 Å². The summed E-state index contributed by atoms with van der Waals surface area (Å²) >= 11 is 0. The van der Waals surface area contributed by atoms with Gasteiger partial charge in [-0.15, -0.1) is 0 Å². The van der Waals surface area contributed by atoms with E-state index in [0.717, 1.165) is 31.7 Å². The number of amides is 1. The van der Waals surface area contributed by atoms with E-state index in [9.17, 15) is 4.79 Å². The molecule has 1 aromatic rings. The predicted octanol–water partition coefficient (Wildman–Crippen LogP) is 2.40. The molecule has 0 aliphatic carbocycles. The first-order chi connectivity index (χ1) is 10.2. The summed E-state index contributed by atoms with van der Waals surface area (Å²) in [5, 5.41) is 6.43. The first-order valence-corrected chi connectivity index (χ1v) is 8.00. The average molecular weight is 289 g/mol. The molecule has 1 fully saturated rings. The van der Waals surface area contributed by atoms with E-state index in [1.54, 1.807) is 0 Å². The lowest BCUT2D eigenvalue weighted by Crippen LogP contribution is -2.48. The molecule has 0 aromatic heterocycles. The summed E-state index contributed by atoms with van der Waals surface area (Å²) in [6.45, 7) is 7.78. The quantitative estimate of drug-likeness (QED) is 0.845. The third-order valence-corrected chi connectivity index (χ3v) is 3.98. The van der Waals surface area contributed by atoms with Crippen LogP contribution in [-0.2, 0) is 4.79 Å². The van der Waals surface area contributed by atoms with E-state index in [-0.39, 0.29) is 5.91 Å². The van der Waals surface area contributed by atoms with Gasteiger partial charge in [-0.25, -0.2) is 0 Å². The van der Waals surface area contributed by atoms with Crippen LogP contribution in [0.2, 0.25) is 0 Å². The minimum Gasteiger partial charge on any atom is -0.325 e. The van der Waals surface area contributed by atoms with Gasteiger partial charge in [0, 0.05) is 18.3 Å². The number of piperidine rings is 1. The largest absolute Gasteiger partial charge is 0.325 e. The Bertz CT molecular complexity index is 438. The molecule has 1 aliphatic heterocycles. The predicted molar refractivity (Wildman–Crippen MR) is 87.6 cm³/mol. The Morgan fingerprint density at radius 1 is 1.38 bits per heavy atom. The Balaban J connectivity index is 1.89. The second kappa shape index (κ2) is 8.15. The Morgan fingerprint density at radius 2 is 2.14 bits per heavy atom. The molecule has 0 saturated carbocycles. The summed E-state index contributed by atoms with van der Waals surface area (Å²) in [5.41, 5.74) is 2.08. The number of hydrogen-bond acceptors (Lipinski definition) is 3. The van der Waals surface area contributed by atoms with Crippen LogP contribution in [0.3, 0.4) is 0 Å². The number of aryl methyl sites for hydroxylation is 1. The maximum Gasteiger partial charge on any atom is 0.238 e. The summed E-state index contributed by atoms with van der Waals surface area (Å²) in [7, 11) is 0. The summed E-state index contributed by atoms with van der Waals surface area (Å²) in [6.07, 6.45) is 3.46. The molecular weight excluding hydrogens is 262 g/mol. The number of nitrogens with one attached hydrogen (secondary N) is 2. The van der Waals surface area contributed by atoms with Crippen molar-refractivity contribution >= 4 is 11.6 Å². The lowest BCUT2D eigenvalue weighted by Gasteiger charge is -2.34. The van der Waals surface area contributed by atoms with E-state index in [2.05, 4.69) is 22.5 Å². The molecule has 1 atom stereocenters. The maximum atomic E-state index is 12.3. The molecule has 21 heavy (non-hydrogen) atoms. The topological polar surface area (TPSA) is 44.4 Å². The van der Waals surface area contributed by atoms with Gasteiger partial charge in [0.15, 0.2) is 0 Å². The molecule has 116 valence electrons. The summed E-state index contributed by atoms with van der Waals surface area (Å²) in [5.74, 6) is 0.0814. The van der Waals surface area contributed by atoms with Crippen LogP contribution in [-0.4, -0.2) is 43.0 Å². The highest BCUT2D eigenvalue weighted by molar-refractivity contribution is 5.92. The van der Waals surface area contributed by atoms with Crippen molar-refractivity contribution in [2.45, 2.75) is 39.2 Å². The molecule has 4 nitrogen and oxygen atoms in total. The molecule has 1 aliphatic rings. The van der Waals surface area contributed by atoms with Crippen molar-refractivity contribution in [2.75, 3.05) is 31.5 Å². The van der Waals surface area contributed by atoms with Crippen molar-refractivity contribution in [3.8, 4) is 0 Å². The van der Waals surface area contributed by atoms with Crippen molar-refractivity contribution in [2.24, 2.45) is 0 Å². The molecule has 1 unspecified atom stereocenters. The standard InChI is InChI=1S/C17H27N3O/c1-3-11-20(16-5-4-10-18-12-16)13-17(21)19-15-8-6-14(2)7-9-15/h6-9,16,18H,3-5,10-13H2,1-2H3,(H,19,21). The monoisotopic (exact) mass is 289 g/mol. The Morgan fingerprint density at radius 3 is 2.76 bits per heavy atom. The van der Waals surface area contributed by atoms with Gasteiger partial charge < -0.3 is 10.6 Å². The molecule has 2 N–H and O–H groups in total. The second-order valence-corrected chi connectivity index (χ2v) is 5.88. The number of rotatable bonds is 6. The van der Waals surface area contributed by atoms with Crippen LogP contribution in [0.5, 0.6) is 0 Å². The first kappa shape index (κ1) is 16.0. The third kappa shape index (κ3) is 5.14. The van der Waals surface area contributed by atoms with Crippen LogP contribution >= 0.6 is 0 Å². The van der Waals surface area contributed by atoms with Crippen LogP contribution < -0.4 is 10.6 Å². The Hall–Kier alpha value is -1.39. The van der Waals surface area contributed by atoms with Gasteiger partial charge in [-0.05, 0) is 51.4 Å². The molecule has 0 radical (unpaired) electrons. The SMILES string of the molecule is CCCN(CC(=O)Nc1ccc(C)cc1)C1CCCNC1. The Labute approximate surface area is 127 Å². The van der Waals surface area contributed by atoms with Gasteiger partial charge in [-0.3, -0.25) is 9.69 Å². The van der Waals surface area contributed by atoms with E-state index < -0.39 is 0 Å². The smallest absolute Gasteiger partial charge is 0.238 e. The number of anilines is 1. The Kier molecular flexibility index (Phi) is 6.21. The zero-order valence-corrected chi connectivity index (χ0v) is 13.2. The van der Waals surface area contributed by atoms with Gasteiger partial charge in [-0.2, -0.15) is 0 Å². The van der Waals surface area contributed by atoms with Crippen LogP contribution in [0.4, 0.5) is 5.69 Å². The van der Waals surface area contributed by atoms with Crippen molar-refractivity contribution in [1.82, 2.24) is 10.2 Å². The summed E-state index contributed by atoms with van der Waals surface area (Å²) in [6, 6.07) is 8.44. The van der Waals surface area contributed by atoms with Gasteiger partial charge in [0.25, 0.3) is 0 Å². The number of hydrogen-bond donors (Lipinski definition) is 2. The van der Waals surface area contributed by atoms with Crippen LogP contribution in [0.1, 0.15) is 31.7 Å². The van der Waals surface area contributed by atoms with Crippen molar-refractivity contribution in [3.63, 3.8) is 0 Å². The van der Waals surface area contributed by atoms with Crippen molar-refractivity contribution < 1.29 is 4.79 Å². The lowest BCUT2D eigenvalue weighted by molar-refractivity contribution is -0.118. The number of nitrogens with zero attached hydrogens (tertiary/aromatic N) is 1. The molecule has 1 amide bonds. The fraction of sp³-hybridized carbons (Fsp3) is 0.588. The zero-order chi connectivity index (χ0) is 15.1. The van der Waals surface area contributed by atoms with Crippen LogP contribution in [0, 0.1) is 6.92 Å².